The van der Waals surface area contributed by atoms with E-state index in [1.165, 1.54) is 0 Å². The lowest BCUT2D eigenvalue weighted by Gasteiger charge is -2.25. The van der Waals surface area contributed by atoms with Gasteiger partial charge in [-0.1, -0.05) is 31.2 Å². The van der Waals surface area contributed by atoms with E-state index in [0.29, 0.717) is 28.4 Å². The Kier molecular flexibility index (Phi) is 9.92. The molecule has 0 fully saturated rings. The topological polar surface area (TPSA) is 172 Å². The number of para-hydroxylation sites is 2. The van der Waals surface area contributed by atoms with Gasteiger partial charge in [-0.25, -0.2) is 0 Å². The van der Waals surface area contributed by atoms with E-state index in [9.17, 15) is 24.9 Å². The zero-order chi connectivity index (χ0) is 24.5. The van der Waals surface area contributed by atoms with Crippen molar-refractivity contribution in [2.24, 2.45) is 0 Å². The molecule has 33 heavy (non-hydrogen) atoms. The van der Waals surface area contributed by atoms with Crippen molar-refractivity contribution < 1.29 is 35.4 Å². The standard InChI is InChI=1S/C15H11NO3.C8H19NO5/c17-14(18)9-16-12-7-3-1-5-10(12)15(19)11-6-2-4-8-13(11)16;1-2-9-3-5(11)7(13)8(14)6(12)4-10/h1-8H,9H2,(H,17,18);5-14H,2-4H2,1H3/t;5-,6+,7+,8+/m.1/s1. The molecule has 0 aliphatic heterocycles. The summed E-state index contributed by atoms with van der Waals surface area (Å²) in [5.41, 5.74) is 1.23. The average Bonchev–Trinajstić information content (AvgIpc) is 2.83. The number of aliphatic carboxylic acids is 1. The summed E-state index contributed by atoms with van der Waals surface area (Å²) in [7, 11) is 0. The molecule has 0 aliphatic rings. The number of carbonyl (C=O) groups is 1. The summed E-state index contributed by atoms with van der Waals surface area (Å²) in [6.45, 7) is 1.75. The molecular formula is C23H30N2O8. The van der Waals surface area contributed by atoms with Crippen LogP contribution in [-0.4, -0.2) is 85.3 Å². The second kappa shape index (κ2) is 12.4. The fourth-order valence-corrected chi connectivity index (χ4v) is 3.36. The van der Waals surface area contributed by atoms with Gasteiger partial charge in [-0.05, 0) is 30.8 Å². The number of nitrogens with zero attached hydrogens (tertiary/aromatic N) is 1. The Morgan fingerprint density at radius 1 is 0.909 bits per heavy atom. The van der Waals surface area contributed by atoms with Gasteiger partial charge in [0.15, 0.2) is 5.43 Å². The molecule has 0 bridgehead atoms. The summed E-state index contributed by atoms with van der Waals surface area (Å²) >= 11 is 0. The number of nitrogens with one attached hydrogen (secondary N) is 1. The molecular weight excluding hydrogens is 432 g/mol. The second-order valence-electron chi connectivity index (χ2n) is 7.45. The first-order chi connectivity index (χ1) is 15.7. The minimum atomic E-state index is -1.55. The lowest BCUT2D eigenvalue weighted by Crippen LogP contribution is -2.49. The Hall–Kier alpha value is -2.86. The van der Waals surface area contributed by atoms with Crippen LogP contribution in [0.5, 0.6) is 0 Å². The molecule has 0 radical (unpaired) electrons. The van der Waals surface area contributed by atoms with Gasteiger partial charge >= 0.3 is 5.97 Å². The van der Waals surface area contributed by atoms with Crippen LogP contribution >= 0.6 is 0 Å². The highest BCUT2D eigenvalue weighted by Crippen LogP contribution is 2.18. The first kappa shape index (κ1) is 26.4. The van der Waals surface area contributed by atoms with Crippen molar-refractivity contribution in [1.29, 1.82) is 0 Å². The first-order valence-electron chi connectivity index (χ1n) is 10.5. The van der Waals surface area contributed by atoms with Gasteiger partial charge in [0.2, 0.25) is 0 Å². The van der Waals surface area contributed by atoms with E-state index < -0.39 is 37.0 Å². The highest BCUT2D eigenvalue weighted by atomic mass is 16.4. The number of rotatable bonds is 9. The van der Waals surface area contributed by atoms with E-state index >= 15 is 0 Å². The third-order valence-corrected chi connectivity index (χ3v) is 5.10. The smallest absolute Gasteiger partial charge is 0.323 e. The summed E-state index contributed by atoms with van der Waals surface area (Å²) in [5, 5.41) is 58.2. The van der Waals surface area contributed by atoms with Crippen LogP contribution in [0.1, 0.15) is 6.92 Å². The molecule has 10 heteroatoms. The second-order valence-corrected chi connectivity index (χ2v) is 7.45. The maximum Gasteiger partial charge on any atom is 0.323 e. The molecule has 10 nitrogen and oxygen atoms in total. The van der Waals surface area contributed by atoms with Crippen LogP contribution < -0.4 is 10.7 Å². The molecule has 0 aliphatic carbocycles. The molecule has 3 aromatic rings. The number of carboxylic acids is 1. The van der Waals surface area contributed by atoms with Gasteiger partial charge in [0.25, 0.3) is 0 Å². The molecule has 2 aromatic carbocycles. The largest absolute Gasteiger partial charge is 0.480 e. The molecule has 0 unspecified atom stereocenters. The van der Waals surface area contributed by atoms with Gasteiger partial charge in [-0.2, -0.15) is 0 Å². The fourth-order valence-electron chi connectivity index (χ4n) is 3.36. The summed E-state index contributed by atoms with van der Waals surface area (Å²) in [6, 6.07) is 14.2. The number of pyridine rings is 1. The monoisotopic (exact) mass is 462 g/mol. The van der Waals surface area contributed by atoms with Gasteiger partial charge in [0.1, 0.15) is 24.9 Å². The maximum absolute atomic E-state index is 12.4. The van der Waals surface area contributed by atoms with Crippen molar-refractivity contribution >= 4 is 27.8 Å². The number of aliphatic hydroxyl groups is 5. The van der Waals surface area contributed by atoms with Crippen molar-refractivity contribution in [2.45, 2.75) is 37.9 Å². The first-order valence-corrected chi connectivity index (χ1v) is 10.5. The number of aromatic nitrogens is 1. The quantitative estimate of drug-likeness (QED) is 0.202. The number of carboxylic acid groups (broad SMARTS) is 1. The van der Waals surface area contributed by atoms with E-state index in [-0.39, 0.29) is 18.5 Å². The molecule has 7 N–H and O–H groups in total. The molecule has 180 valence electrons. The Bertz CT molecular complexity index is 1060. The van der Waals surface area contributed by atoms with Crippen molar-refractivity contribution in [3.05, 3.63) is 58.8 Å². The van der Waals surface area contributed by atoms with Crippen LogP contribution in [-0.2, 0) is 11.3 Å². The van der Waals surface area contributed by atoms with Crippen LogP contribution in [0.4, 0.5) is 0 Å². The molecule has 1 heterocycles. The van der Waals surface area contributed by atoms with E-state index in [0.717, 1.165) is 0 Å². The minimum absolute atomic E-state index is 0.0622. The summed E-state index contributed by atoms with van der Waals surface area (Å²) in [6.07, 6.45) is -5.64. The van der Waals surface area contributed by atoms with Crippen LogP contribution in [0.25, 0.3) is 21.8 Å². The van der Waals surface area contributed by atoms with E-state index in [4.69, 9.17) is 15.3 Å². The lowest BCUT2D eigenvalue weighted by atomic mass is 10.0. The predicted octanol–water partition coefficient (Wildman–Crippen LogP) is -0.729. The SMILES string of the molecule is CCNC[C@@H](O)[C@H](O)[C@@H](O)[C@@H](O)CO.O=C(O)Cn1c2ccccc2c(=O)c2ccccc21. The van der Waals surface area contributed by atoms with E-state index in [1.807, 2.05) is 6.92 Å². The zero-order valence-corrected chi connectivity index (χ0v) is 18.2. The normalized spacial score (nSPS) is 14.8. The molecule has 0 amide bonds. The van der Waals surface area contributed by atoms with E-state index in [1.54, 1.807) is 53.1 Å². The average molecular weight is 462 g/mol. The Labute approximate surface area is 190 Å². The summed E-state index contributed by atoms with van der Waals surface area (Å²) in [4.78, 5) is 23.4. The Balaban J connectivity index is 0.000000248. The number of benzene rings is 2. The Morgan fingerprint density at radius 3 is 1.85 bits per heavy atom. The fraction of sp³-hybridized carbons (Fsp3) is 0.391. The third kappa shape index (κ3) is 6.57. The number of aliphatic hydroxyl groups excluding tert-OH is 5. The Morgan fingerprint density at radius 2 is 1.39 bits per heavy atom. The molecule has 4 atom stereocenters. The number of hydrogen-bond acceptors (Lipinski definition) is 8. The van der Waals surface area contributed by atoms with Crippen LogP contribution in [0.3, 0.4) is 0 Å². The number of likely N-dealkylation sites (N-methyl/N-ethyl adjacent to an activating group) is 1. The maximum atomic E-state index is 12.4. The highest BCUT2D eigenvalue weighted by Gasteiger charge is 2.29. The predicted molar refractivity (Wildman–Crippen MR) is 123 cm³/mol. The molecule has 1 aromatic heterocycles. The van der Waals surface area contributed by atoms with Crippen molar-refractivity contribution in [1.82, 2.24) is 9.88 Å². The number of fused-ring (bicyclic) bond motifs is 2. The highest BCUT2D eigenvalue weighted by molar-refractivity contribution is 5.94. The van der Waals surface area contributed by atoms with Gasteiger partial charge in [0, 0.05) is 17.3 Å². The van der Waals surface area contributed by atoms with E-state index in [2.05, 4.69) is 5.32 Å². The zero-order valence-electron chi connectivity index (χ0n) is 18.2. The van der Waals surface area contributed by atoms with Gasteiger partial charge in [-0.3, -0.25) is 9.59 Å². The number of hydrogen-bond donors (Lipinski definition) is 7. The third-order valence-electron chi connectivity index (χ3n) is 5.10. The molecule has 0 saturated carbocycles. The lowest BCUT2D eigenvalue weighted by molar-refractivity contribution is -0.137. The summed E-state index contributed by atoms with van der Waals surface area (Å²) in [5.74, 6) is -0.932. The molecule has 0 saturated heterocycles. The van der Waals surface area contributed by atoms with Gasteiger partial charge < -0.3 is 40.5 Å². The van der Waals surface area contributed by atoms with Crippen LogP contribution in [0.15, 0.2) is 53.3 Å². The molecule has 0 spiro atoms. The minimum Gasteiger partial charge on any atom is -0.480 e. The van der Waals surface area contributed by atoms with Crippen molar-refractivity contribution in [2.75, 3.05) is 19.7 Å². The van der Waals surface area contributed by atoms with Crippen LogP contribution in [0.2, 0.25) is 0 Å². The van der Waals surface area contributed by atoms with Crippen molar-refractivity contribution in [3.63, 3.8) is 0 Å². The van der Waals surface area contributed by atoms with Gasteiger partial charge in [0.05, 0.1) is 23.7 Å². The summed E-state index contributed by atoms with van der Waals surface area (Å²) < 4.78 is 1.66. The van der Waals surface area contributed by atoms with Gasteiger partial charge in [-0.15, -0.1) is 0 Å². The van der Waals surface area contributed by atoms with Crippen molar-refractivity contribution in [3.8, 4) is 0 Å². The van der Waals surface area contributed by atoms with Crippen LogP contribution in [0, 0.1) is 0 Å². The molecule has 3 rings (SSSR count).